The summed E-state index contributed by atoms with van der Waals surface area (Å²) in [5, 5.41) is 0. The second-order valence-electron chi connectivity index (χ2n) is 3.59. The molecule has 0 saturated heterocycles. The Kier molecular flexibility index (Phi) is 5.67. The fraction of sp³-hybridized carbons (Fsp3) is 0.417. The lowest BCUT2D eigenvalue weighted by Gasteiger charge is -2.13. The fourth-order valence-corrected chi connectivity index (χ4v) is 1.36. The standard InChI is InChI=1S/C12H15F2NO3/c1-2-18-12(16)7-17-6-11(15)9-5-8(13)3-4-10(9)14/h3-5,11H,2,6-7,15H2,1H3. The van der Waals surface area contributed by atoms with Crippen LogP contribution >= 0.6 is 0 Å². The molecule has 0 spiro atoms. The van der Waals surface area contributed by atoms with Crippen molar-refractivity contribution in [1.29, 1.82) is 0 Å². The van der Waals surface area contributed by atoms with Gasteiger partial charge in [0.15, 0.2) is 0 Å². The third-order valence-corrected chi connectivity index (χ3v) is 2.18. The molecule has 0 aliphatic heterocycles. The Hall–Kier alpha value is -1.53. The van der Waals surface area contributed by atoms with E-state index in [4.69, 9.17) is 10.5 Å². The summed E-state index contributed by atoms with van der Waals surface area (Å²) in [6, 6.07) is 2.17. The molecule has 0 bridgehead atoms. The van der Waals surface area contributed by atoms with E-state index in [9.17, 15) is 13.6 Å². The van der Waals surface area contributed by atoms with Crippen molar-refractivity contribution in [3.05, 3.63) is 35.4 Å². The molecule has 6 heteroatoms. The fourth-order valence-electron chi connectivity index (χ4n) is 1.36. The van der Waals surface area contributed by atoms with Crippen molar-refractivity contribution in [2.24, 2.45) is 5.73 Å². The van der Waals surface area contributed by atoms with E-state index in [1.54, 1.807) is 6.92 Å². The molecule has 0 saturated carbocycles. The van der Waals surface area contributed by atoms with Crippen LogP contribution in [0.15, 0.2) is 18.2 Å². The van der Waals surface area contributed by atoms with E-state index < -0.39 is 23.6 Å². The highest BCUT2D eigenvalue weighted by atomic mass is 19.1. The maximum atomic E-state index is 13.3. The zero-order valence-corrected chi connectivity index (χ0v) is 9.99. The second kappa shape index (κ2) is 7.03. The summed E-state index contributed by atoms with van der Waals surface area (Å²) in [6.45, 7) is 1.57. The summed E-state index contributed by atoms with van der Waals surface area (Å²) in [5.74, 6) is -1.71. The van der Waals surface area contributed by atoms with E-state index >= 15 is 0 Å². The van der Waals surface area contributed by atoms with Gasteiger partial charge in [-0.15, -0.1) is 0 Å². The van der Waals surface area contributed by atoms with Gasteiger partial charge in [-0.25, -0.2) is 13.6 Å². The van der Waals surface area contributed by atoms with E-state index in [0.717, 1.165) is 18.2 Å². The van der Waals surface area contributed by atoms with Gasteiger partial charge < -0.3 is 15.2 Å². The predicted molar refractivity (Wildman–Crippen MR) is 60.7 cm³/mol. The van der Waals surface area contributed by atoms with Crippen molar-refractivity contribution >= 4 is 5.97 Å². The van der Waals surface area contributed by atoms with Crippen molar-refractivity contribution in [2.45, 2.75) is 13.0 Å². The van der Waals surface area contributed by atoms with Gasteiger partial charge in [0.1, 0.15) is 18.2 Å². The lowest BCUT2D eigenvalue weighted by atomic mass is 10.1. The normalized spacial score (nSPS) is 12.2. The van der Waals surface area contributed by atoms with Crippen LogP contribution in [0, 0.1) is 11.6 Å². The van der Waals surface area contributed by atoms with Gasteiger partial charge in [-0.1, -0.05) is 0 Å². The number of esters is 1. The molecule has 4 nitrogen and oxygen atoms in total. The van der Waals surface area contributed by atoms with Crippen molar-refractivity contribution in [3.8, 4) is 0 Å². The Morgan fingerprint density at radius 1 is 1.44 bits per heavy atom. The molecule has 2 N–H and O–H groups in total. The van der Waals surface area contributed by atoms with Gasteiger partial charge >= 0.3 is 5.97 Å². The number of rotatable bonds is 6. The number of nitrogens with two attached hydrogens (primary N) is 1. The SMILES string of the molecule is CCOC(=O)COCC(N)c1cc(F)ccc1F. The third-order valence-electron chi connectivity index (χ3n) is 2.18. The minimum atomic E-state index is -0.838. The Labute approximate surface area is 104 Å². The molecule has 0 aliphatic carbocycles. The van der Waals surface area contributed by atoms with Crippen LogP contribution in [0.5, 0.6) is 0 Å². The number of hydrogen-bond acceptors (Lipinski definition) is 4. The molecule has 0 radical (unpaired) electrons. The molecule has 1 atom stereocenters. The zero-order valence-electron chi connectivity index (χ0n) is 9.99. The topological polar surface area (TPSA) is 61.5 Å². The summed E-state index contributed by atoms with van der Waals surface area (Å²) in [4.78, 5) is 11.0. The number of halogens is 2. The van der Waals surface area contributed by atoms with Crippen molar-refractivity contribution in [3.63, 3.8) is 0 Å². The van der Waals surface area contributed by atoms with Crippen LogP contribution in [0.4, 0.5) is 8.78 Å². The molecule has 0 heterocycles. The van der Waals surface area contributed by atoms with Gasteiger partial charge in [-0.3, -0.25) is 0 Å². The molecule has 0 fully saturated rings. The quantitative estimate of drug-likeness (QED) is 0.787. The Morgan fingerprint density at radius 3 is 2.83 bits per heavy atom. The van der Waals surface area contributed by atoms with Gasteiger partial charge in [0.25, 0.3) is 0 Å². The summed E-state index contributed by atoms with van der Waals surface area (Å²) in [6.07, 6.45) is 0. The largest absolute Gasteiger partial charge is 0.464 e. The minimum Gasteiger partial charge on any atom is -0.464 e. The Balaban J connectivity index is 2.47. The second-order valence-corrected chi connectivity index (χ2v) is 3.59. The molecule has 18 heavy (non-hydrogen) atoms. The lowest BCUT2D eigenvalue weighted by Crippen LogP contribution is -2.22. The maximum Gasteiger partial charge on any atom is 0.332 e. The van der Waals surface area contributed by atoms with Gasteiger partial charge in [0, 0.05) is 5.56 Å². The van der Waals surface area contributed by atoms with Gasteiger partial charge in [0.05, 0.1) is 19.3 Å². The Morgan fingerprint density at radius 2 is 2.17 bits per heavy atom. The number of hydrogen-bond donors (Lipinski definition) is 1. The number of ether oxygens (including phenoxy) is 2. The van der Waals surface area contributed by atoms with Crippen LogP contribution < -0.4 is 5.73 Å². The molecule has 1 aromatic rings. The van der Waals surface area contributed by atoms with Crippen molar-refractivity contribution < 1.29 is 23.0 Å². The van der Waals surface area contributed by atoms with Crippen LogP contribution in [0.1, 0.15) is 18.5 Å². The molecule has 1 aromatic carbocycles. The number of benzene rings is 1. The highest BCUT2D eigenvalue weighted by Crippen LogP contribution is 2.16. The van der Waals surface area contributed by atoms with E-state index in [-0.39, 0.29) is 25.4 Å². The first-order valence-corrected chi connectivity index (χ1v) is 5.48. The molecule has 0 amide bonds. The highest BCUT2D eigenvalue weighted by Gasteiger charge is 2.13. The predicted octanol–water partition coefficient (Wildman–Crippen LogP) is 1.54. The lowest BCUT2D eigenvalue weighted by molar-refractivity contribution is -0.148. The first-order chi connectivity index (χ1) is 8.54. The van der Waals surface area contributed by atoms with Gasteiger partial charge in [0.2, 0.25) is 0 Å². The van der Waals surface area contributed by atoms with Gasteiger partial charge in [-0.05, 0) is 25.1 Å². The van der Waals surface area contributed by atoms with E-state index in [1.807, 2.05) is 0 Å². The van der Waals surface area contributed by atoms with Crippen LogP contribution in [0.2, 0.25) is 0 Å². The molecule has 0 aliphatic rings. The number of carbonyl (C=O) groups excluding carboxylic acids is 1. The van der Waals surface area contributed by atoms with Crippen LogP contribution in [-0.2, 0) is 14.3 Å². The smallest absolute Gasteiger partial charge is 0.332 e. The van der Waals surface area contributed by atoms with Crippen LogP contribution in [0.3, 0.4) is 0 Å². The Bertz CT molecular complexity index is 412. The van der Waals surface area contributed by atoms with E-state index in [2.05, 4.69) is 4.74 Å². The average molecular weight is 259 g/mol. The molecule has 100 valence electrons. The summed E-state index contributed by atoms with van der Waals surface area (Å²) < 4.78 is 35.9. The molecule has 1 unspecified atom stereocenters. The first kappa shape index (κ1) is 14.5. The number of carbonyl (C=O) groups is 1. The molecular weight excluding hydrogens is 244 g/mol. The zero-order chi connectivity index (χ0) is 13.5. The minimum absolute atomic E-state index is 0.0128. The van der Waals surface area contributed by atoms with E-state index in [0.29, 0.717) is 0 Å². The monoisotopic (exact) mass is 259 g/mol. The first-order valence-electron chi connectivity index (χ1n) is 5.48. The molecule has 1 rings (SSSR count). The maximum absolute atomic E-state index is 13.3. The summed E-state index contributed by atoms with van der Waals surface area (Å²) in [5.41, 5.74) is 5.65. The van der Waals surface area contributed by atoms with Crippen LogP contribution in [-0.4, -0.2) is 25.8 Å². The van der Waals surface area contributed by atoms with Gasteiger partial charge in [-0.2, -0.15) is 0 Å². The van der Waals surface area contributed by atoms with Crippen molar-refractivity contribution in [2.75, 3.05) is 19.8 Å². The third kappa shape index (κ3) is 4.38. The molecule has 0 aromatic heterocycles. The van der Waals surface area contributed by atoms with Crippen LogP contribution in [0.25, 0.3) is 0 Å². The van der Waals surface area contributed by atoms with E-state index in [1.165, 1.54) is 0 Å². The van der Waals surface area contributed by atoms with Crippen molar-refractivity contribution in [1.82, 2.24) is 0 Å². The average Bonchev–Trinajstić information content (AvgIpc) is 2.32. The molecular formula is C12H15F2NO3. The summed E-state index contributed by atoms with van der Waals surface area (Å²) >= 11 is 0. The highest BCUT2D eigenvalue weighted by molar-refractivity contribution is 5.70. The summed E-state index contributed by atoms with van der Waals surface area (Å²) in [7, 11) is 0.